The van der Waals surface area contributed by atoms with Crippen LogP contribution in [0.4, 0.5) is 0 Å². The topological polar surface area (TPSA) is 74.2 Å². The summed E-state index contributed by atoms with van der Waals surface area (Å²) in [5.41, 5.74) is 1.06. The third-order valence-corrected chi connectivity index (χ3v) is 4.95. The first-order chi connectivity index (χ1) is 14.2. The highest BCUT2D eigenvalue weighted by Crippen LogP contribution is 2.21. The Balaban J connectivity index is 1.30. The molecule has 0 radical (unpaired) electrons. The Morgan fingerprint density at radius 2 is 1.76 bits per heavy atom. The Morgan fingerprint density at radius 3 is 2.45 bits per heavy atom. The third-order valence-electron chi connectivity index (χ3n) is 4.95. The lowest BCUT2D eigenvalue weighted by atomic mass is 10.2. The molecule has 0 unspecified atom stereocenters. The number of nitrogens with zero attached hydrogens (tertiary/aromatic N) is 3. The van der Waals surface area contributed by atoms with Crippen molar-refractivity contribution in [3.8, 4) is 11.3 Å². The van der Waals surface area contributed by atoms with E-state index in [-0.39, 0.29) is 5.91 Å². The number of hydrogen-bond donors (Lipinski definition) is 1. The molecule has 2 aromatic heterocycles. The van der Waals surface area contributed by atoms with Gasteiger partial charge in [-0.05, 0) is 24.3 Å². The lowest BCUT2D eigenvalue weighted by Gasteiger charge is -2.36. The molecule has 150 valence electrons. The normalized spacial score (nSPS) is 14.9. The van der Waals surface area contributed by atoms with E-state index in [1.54, 1.807) is 24.1 Å². The van der Waals surface area contributed by atoms with Gasteiger partial charge in [0.25, 0.3) is 5.91 Å². The second kappa shape index (κ2) is 8.68. The molecule has 0 spiro atoms. The van der Waals surface area contributed by atoms with E-state index < -0.39 is 0 Å². The highest BCUT2D eigenvalue weighted by atomic mass is 16.3. The molecule has 1 aromatic carbocycles. The molecule has 1 aliphatic rings. The highest BCUT2D eigenvalue weighted by molar-refractivity contribution is 5.91. The Kier molecular flexibility index (Phi) is 5.65. The molecule has 1 saturated heterocycles. The Hall–Kier alpha value is -3.48. The monoisotopic (exact) mass is 392 g/mol. The summed E-state index contributed by atoms with van der Waals surface area (Å²) in [6, 6.07) is 17.4. The van der Waals surface area contributed by atoms with Crippen molar-refractivity contribution in [2.24, 2.45) is 4.99 Å². The first kappa shape index (κ1) is 18.9. The third kappa shape index (κ3) is 4.34. The minimum Gasteiger partial charge on any atom is -0.459 e. The molecule has 0 saturated carbocycles. The minimum absolute atomic E-state index is 0.0679. The summed E-state index contributed by atoms with van der Waals surface area (Å²) in [4.78, 5) is 20.7. The van der Waals surface area contributed by atoms with Crippen LogP contribution in [0.5, 0.6) is 0 Å². The van der Waals surface area contributed by atoms with Gasteiger partial charge in [-0.25, -0.2) is 0 Å². The molecule has 0 bridgehead atoms. The zero-order valence-corrected chi connectivity index (χ0v) is 16.4. The number of carbonyl (C=O) groups is 1. The van der Waals surface area contributed by atoms with Crippen molar-refractivity contribution in [3.05, 3.63) is 72.4 Å². The van der Waals surface area contributed by atoms with Gasteiger partial charge in [-0.3, -0.25) is 9.79 Å². The first-order valence-electron chi connectivity index (χ1n) is 9.67. The van der Waals surface area contributed by atoms with E-state index in [1.807, 2.05) is 42.5 Å². The molecule has 0 aliphatic carbocycles. The predicted octanol–water partition coefficient (Wildman–Crippen LogP) is 3.07. The number of benzene rings is 1. The molecule has 4 rings (SSSR count). The molecule has 3 aromatic rings. The number of aliphatic imine (C=N–C) groups is 1. The number of piperazine rings is 1. The number of furan rings is 2. The maximum absolute atomic E-state index is 12.4. The van der Waals surface area contributed by atoms with E-state index in [0.717, 1.165) is 23.0 Å². The van der Waals surface area contributed by atoms with Crippen LogP contribution in [-0.4, -0.2) is 54.9 Å². The van der Waals surface area contributed by atoms with Crippen molar-refractivity contribution < 1.29 is 13.6 Å². The quantitative estimate of drug-likeness (QED) is 0.546. The van der Waals surface area contributed by atoms with E-state index in [4.69, 9.17) is 8.83 Å². The number of amides is 1. The smallest absolute Gasteiger partial charge is 0.289 e. The van der Waals surface area contributed by atoms with Crippen LogP contribution in [0.1, 0.15) is 16.3 Å². The molecule has 0 atom stereocenters. The number of rotatable bonds is 4. The van der Waals surface area contributed by atoms with E-state index in [9.17, 15) is 4.79 Å². The lowest BCUT2D eigenvalue weighted by Crippen LogP contribution is -2.53. The summed E-state index contributed by atoms with van der Waals surface area (Å²) in [5.74, 6) is 2.81. The van der Waals surface area contributed by atoms with E-state index in [2.05, 4.69) is 15.2 Å². The standard InChI is InChI=1S/C22H24N4O3/c1-23-22(24-16-18-9-10-19(29-18)17-6-3-2-4-7-17)26-13-11-25(12-14-26)21(27)20-8-5-15-28-20/h2-10,15H,11-14,16H2,1H3,(H,23,24). The van der Waals surface area contributed by atoms with Gasteiger partial charge in [0.15, 0.2) is 11.7 Å². The van der Waals surface area contributed by atoms with E-state index in [0.29, 0.717) is 38.5 Å². The first-order valence-corrected chi connectivity index (χ1v) is 9.67. The molecular formula is C22H24N4O3. The van der Waals surface area contributed by atoms with Crippen LogP contribution in [0.2, 0.25) is 0 Å². The van der Waals surface area contributed by atoms with Gasteiger partial charge in [-0.15, -0.1) is 0 Å². The average Bonchev–Trinajstić information content (AvgIpc) is 3.47. The fourth-order valence-electron chi connectivity index (χ4n) is 3.41. The van der Waals surface area contributed by atoms with Gasteiger partial charge in [0.2, 0.25) is 0 Å². The summed E-state index contributed by atoms with van der Waals surface area (Å²) in [6.45, 7) is 3.21. The lowest BCUT2D eigenvalue weighted by molar-refractivity contribution is 0.0657. The second-order valence-electron chi connectivity index (χ2n) is 6.79. The fraction of sp³-hybridized carbons (Fsp3) is 0.273. The molecule has 1 N–H and O–H groups in total. The van der Waals surface area contributed by atoms with E-state index in [1.165, 1.54) is 6.26 Å². The van der Waals surface area contributed by atoms with Crippen LogP contribution in [0, 0.1) is 0 Å². The Labute approximate surface area is 169 Å². The van der Waals surface area contributed by atoms with Crippen molar-refractivity contribution in [1.82, 2.24) is 15.1 Å². The highest BCUT2D eigenvalue weighted by Gasteiger charge is 2.25. The average molecular weight is 392 g/mol. The number of guanidine groups is 1. The van der Waals surface area contributed by atoms with Crippen LogP contribution >= 0.6 is 0 Å². The molecule has 1 fully saturated rings. The van der Waals surface area contributed by atoms with Crippen molar-refractivity contribution in [2.75, 3.05) is 33.2 Å². The van der Waals surface area contributed by atoms with Crippen molar-refractivity contribution in [3.63, 3.8) is 0 Å². The largest absolute Gasteiger partial charge is 0.459 e. The molecule has 29 heavy (non-hydrogen) atoms. The predicted molar refractivity (Wildman–Crippen MR) is 111 cm³/mol. The van der Waals surface area contributed by atoms with Gasteiger partial charge in [0.1, 0.15) is 11.5 Å². The molecule has 7 nitrogen and oxygen atoms in total. The molecule has 7 heteroatoms. The minimum atomic E-state index is -0.0679. The van der Waals surface area contributed by atoms with Gasteiger partial charge < -0.3 is 24.0 Å². The molecule has 1 aliphatic heterocycles. The Bertz CT molecular complexity index is 955. The van der Waals surface area contributed by atoms with Gasteiger partial charge in [-0.1, -0.05) is 30.3 Å². The molecular weight excluding hydrogens is 368 g/mol. The molecule has 3 heterocycles. The van der Waals surface area contributed by atoms with Crippen LogP contribution in [0.15, 0.2) is 74.7 Å². The summed E-state index contributed by atoms with van der Waals surface area (Å²) in [7, 11) is 1.76. The second-order valence-corrected chi connectivity index (χ2v) is 6.79. The van der Waals surface area contributed by atoms with Crippen LogP contribution in [0.3, 0.4) is 0 Å². The SMILES string of the molecule is CN=C(NCc1ccc(-c2ccccc2)o1)N1CCN(C(=O)c2ccco2)CC1. The van der Waals surface area contributed by atoms with E-state index >= 15 is 0 Å². The van der Waals surface area contributed by atoms with Crippen molar-refractivity contribution in [2.45, 2.75) is 6.54 Å². The summed E-state index contributed by atoms with van der Waals surface area (Å²) in [6.07, 6.45) is 1.52. The van der Waals surface area contributed by atoms with Gasteiger partial charge in [0.05, 0.1) is 12.8 Å². The summed E-state index contributed by atoms with van der Waals surface area (Å²) in [5, 5.41) is 3.35. The van der Waals surface area contributed by atoms with Crippen LogP contribution in [-0.2, 0) is 6.54 Å². The zero-order valence-electron chi connectivity index (χ0n) is 16.4. The summed E-state index contributed by atoms with van der Waals surface area (Å²) >= 11 is 0. The van der Waals surface area contributed by atoms with Crippen molar-refractivity contribution >= 4 is 11.9 Å². The van der Waals surface area contributed by atoms with Gasteiger partial charge in [0, 0.05) is 38.8 Å². The number of nitrogens with one attached hydrogen (secondary N) is 1. The van der Waals surface area contributed by atoms with Crippen LogP contribution < -0.4 is 5.32 Å². The fourth-order valence-corrected chi connectivity index (χ4v) is 3.41. The zero-order chi connectivity index (χ0) is 20.1. The van der Waals surface area contributed by atoms with Gasteiger partial charge in [-0.2, -0.15) is 0 Å². The van der Waals surface area contributed by atoms with Gasteiger partial charge >= 0.3 is 0 Å². The molecule has 1 amide bonds. The van der Waals surface area contributed by atoms with Crippen LogP contribution in [0.25, 0.3) is 11.3 Å². The maximum Gasteiger partial charge on any atom is 0.289 e. The number of hydrogen-bond acceptors (Lipinski definition) is 4. The summed E-state index contributed by atoms with van der Waals surface area (Å²) < 4.78 is 11.2. The number of carbonyl (C=O) groups excluding carboxylic acids is 1. The maximum atomic E-state index is 12.4. The Morgan fingerprint density at radius 1 is 1.00 bits per heavy atom. The van der Waals surface area contributed by atoms with Crippen molar-refractivity contribution in [1.29, 1.82) is 0 Å².